The standard InChI is InChI=1S/C26H21N3O4/c1-17-6-2-5-9-22(17)28-25(30)23(19-10-12-21(13-11-19)29(32)33)24(26(28)31)27-15-14-18-7-3-4-8-20(18)16-27/h2-13H,14-16H2,1H3. The molecule has 0 spiro atoms. The van der Waals surface area contributed by atoms with Crippen LogP contribution in [0.25, 0.3) is 5.57 Å². The van der Waals surface area contributed by atoms with Crippen molar-refractivity contribution in [1.29, 1.82) is 0 Å². The maximum atomic E-state index is 13.7. The number of nitro benzene ring substituents is 1. The van der Waals surface area contributed by atoms with E-state index in [1.54, 1.807) is 12.1 Å². The Morgan fingerprint density at radius 3 is 2.21 bits per heavy atom. The number of hydrogen-bond donors (Lipinski definition) is 0. The lowest BCUT2D eigenvalue weighted by molar-refractivity contribution is -0.384. The van der Waals surface area contributed by atoms with Crippen molar-refractivity contribution in [1.82, 2.24) is 4.90 Å². The number of amides is 2. The second kappa shape index (κ2) is 8.02. The molecule has 7 heteroatoms. The molecule has 0 saturated heterocycles. The number of fused-ring (bicyclic) bond motifs is 1. The van der Waals surface area contributed by atoms with E-state index in [0.29, 0.717) is 30.0 Å². The Morgan fingerprint density at radius 2 is 1.52 bits per heavy atom. The van der Waals surface area contributed by atoms with Crippen LogP contribution >= 0.6 is 0 Å². The van der Waals surface area contributed by atoms with E-state index >= 15 is 0 Å². The monoisotopic (exact) mass is 439 g/mol. The van der Waals surface area contributed by atoms with Crippen LogP contribution in [-0.4, -0.2) is 28.2 Å². The summed E-state index contributed by atoms with van der Waals surface area (Å²) in [5.74, 6) is -0.793. The Kier molecular flexibility index (Phi) is 5.01. The van der Waals surface area contributed by atoms with Crippen LogP contribution < -0.4 is 4.90 Å². The molecule has 0 aliphatic carbocycles. The van der Waals surface area contributed by atoms with Crippen LogP contribution in [0.5, 0.6) is 0 Å². The molecule has 0 unspecified atom stereocenters. The number of carbonyl (C=O) groups excluding carboxylic acids is 2. The predicted molar refractivity (Wildman–Crippen MR) is 124 cm³/mol. The van der Waals surface area contributed by atoms with Crippen LogP contribution in [-0.2, 0) is 22.6 Å². The fourth-order valence-corrected chi connectivity index (χ4v) is 4.54. The van der Waals surface area contributed by atoms with Crippen molar-refractivity contribution in [3.8, 4) is 0 Å². The topological polar surface area (TPSA) is 83.8 Å². The minimum Gasteiger partial charge on any atom is -0.362 e. The number of anilines is 1. The van der Waals surface area contributed by atoms with Crippen LogP contribution in [0.3, 0.4) is 0 Å². The molecule has 3 aromatic rings. The van der Waals surface area contributed by atoms with Gasteiger partial charge in [0.05, 0.1) is 16.2 Å². The van der Waals surface area contributed by atoms with Gasteiger partial charge in [-0.2, -0.15) is 0 Å². The van der Waals surface area contributed by atoms with Gasteiger partial charge in [0.15, 0.2) is 0 Å². The zero-order chi connectivity index (χ0) is 23.1. The van der Waals surface area contributed by atoms with Crippen LogP contribution in [0.1, 0.15) is 22.3 Å². The molecule has 33 heavy (non-hydrogen) atoms. The van der Waals surface area contributed by atoms with E-state index in [1.807, 2.05) is 42.2 Å². The summed E-state index contributed by atoms with van der Waals surface area (Å²) >= 11 is 0. The third-order valence-electron chi connectivity index (χ3n) is 6.23. The minimum absolute atomic E-state index is 0.0691. The highest BCUT2D eigenvalue weighted by Gasteiger charge is 2.43. The Morgan fingerprint density at radius 1 is 0.848 bits per heavy atom. The number of rotatable bonds is 4. The average Bonchev–Trinajstić information content (AvgIpc) is 3.09. The van der Waals surface area contributed by atoms with Gasteiger partial charge in [-0.3, -0.25) is 19.7 Å². The van der Waals surface area contributed by atoms with Gasteiger partial charge in [0, 0.05) is 25.2 Å². The number of non-ortho nitro benzene ring substituents is 1. The highest BCUT2D eigenvalue weighted by Crippen LogP contribution is 2.38. The van der Waals surface area contributed by atoms with Crippen molar-refractivity contribution in [2.45, 2.75) is 19.9 Å². The number of aryl methyl sites for hydroxylation is 1. The van der Waals surface area contributed by atoms with Crippen molar-refractivity contribution in [2.24, 2.45) is 0 Å². The lowest BCUT2D eigenvalue weighted by atomic mass is 9.98. The second-order valence-corrected chi connectivity index (χ2v) is 8.20. The molecule has 5 rings (SSSR count). The zero-order valence-corrected chi connectivity index (χ0v) is 18.0. The van der Waals surface area contributed by atoms with Crippen LogP contribution in [0.2, 0.25) is 0 Å². The molecule has 7 nitrogen and oxygen atoms in total. The first-order valence-corrected chi connectivity index (χ1v) is 10.7. The highest BCUT2D eigenvalue weighted by molar-refractivity contribution is 6.45. The average molecular weight is 439 g/mol. The molecule has 0 radical (unpaired) electrons. The van der Waals surface area contributed by atoms with Gasteiger partial charge in [0.2, 0.25) is 0 Å². The molecule has 0 bridgehead atoms. The summed E-state index contributed by atoms with van der Waals surface area (Å²) < 4.78 is 0. The van der Waals surface area contributed by atoms with Crippen molar-refractivity contribution < 1.29 is 14.5 Å². The molecule has 164 valence electrons. The van der Waals surface area contributed by atoms with Crippen molar-refractivity contribution in [2.75, 3.05) is 11.4 Å². The molecular weight excluding hydrogens is 418 g/mol. The number of carbonyl (C=O) groups is 2. The smallest absolute Gasteiger partial charge is 0.282 e. The summed E-state index contributed by atoms with van der Waals surface area (Å²) in [5, 5.41) is 11.1. The summed E-state index contributed by atoms with van der Waals surface area (Å²) in [7, 11) is 0. The van der Waals surface area contributed by atoms with E-state index in [-0.39, 0.29) is 17.2 Å². The summed E-state index contributed by atoms with van der Waals surface area (Å²) in [6.45, 7) is 2.97. The van der Waals surface area contributed by atoms with E-state index in [1.165, 1.54) is 34.7 Å². The first-order chi connectivity index (χ1) is 16.0. The van der Waals surface area contributed by atoms with Crippen LogP contribution in [0.15, 0.2) is 78.5 Å². The lowest BCUT2D eigenvalue weighted by Crippen LogP contribution is -2.37. The number of nitrogens with zero attached hydrogens (tertiary/aromatic N) is 3. The summed E-state index contributed by atoms with van der Waals surface area (Å²) in [6.07, 6.45) is 0.763. The number of imide groups is 1. The molecule has 2 aliphatic rings. The van der Waals surface area contributed by atoms with E-state index < -0.39 is 10.8 Å². The molecule has 2 amide bonds. The highest BCUT2D eigenvalue weighted by atomic mass is 16.6. The van der Waals surface area contributed by atoms with Crippen molar-refractivity contribution >= 4 is 28.8 Å². The van der Waals surface area contributed by atoms with Gasteiger partial charge in [0.1, 0.15) is 5.70 Å². The third-order valence-corrected chi connectivity index (χ3v) is 6.23. The maximum absolute atomic E-state index is 13.7. The van der Waals surface area contributed by atoms with Gasteiger partial charge in [-0.05, 0) is 53.8 Å². The predicted octanol–water partition coefficient (Wildman–Crippen LogP) is 4.25. The molecule has 2 aliphatic heterocycles. The van der Waals surface area contributed by atoms with Crippen LogP contribution in [0.4, 0.5) is 11.4 Å². The second-order valence-electron chi connectivity index (χ2n) is 8.20. The molecule has 2 heterocycles. The van der Waals surface area contributed by atoms with Crippen molar-refractivity contribution in [3.05, 3.63) is 111 Å². The Hall–Kier alpha value is -4.26. The molecule has 0 fully saturated rings. The van der Waals surface area contributed by atoms with E-state index in [0.717, 1.165) is 17.5 Å². The van der Waals surface area contributed by atoms with Gasteiger partial charge in [-0.25, -0.2) is 4.90 Å². The van der Waals surface area contributed by atoms with Crippen LogP contribution in [0, 0.1) is 17.0 Å². The van der Waals surface area contributed by atoms with Gasteiger partial charge in [-0.1, -0.05) is 42.5 Å². The molecule has 0 saturated carbocycles. The lowest BCUT2D eigenvalue weighted by Gasteiger charge is -2.31. The summed E-state index contributed by atoms with van der Waals surface area (Å²) in [6, 6.07) is 21.2. The first-order valence-electron chi connectivity index (χ1n) is 10.7. The van der Waals surface area contributed by atoms with Crippen molar-refractivity contribution in [3.63, 3.8) is 0 Å². The quantitative estimate of drug-likeness (QED) is 0.345. The normalized spacial score (nSPS) is 15.8. The molecular formula is C26H21N3O4. The molecule has 0 atom stereocenters. The van der Waals surface area contributed by atoms with E-state index in [4.69, 9.17) is 0 Å². The van der Waals surface area contributed by atoms with Gasteiger partial charge in [0.25, 0.3) is 17.5 Å². The number of benzene rings is 3. The Balaban J connectivity index is 1.63. The zero-order valence-electron chi connectivity index (χ0n) is 18.0. The summed E-state index contributed by atoms with van der Waals surface area (Å²) in [4.78, 5) is 41.2. The maximum Gasteiger partial charge on any atom is 0.282 e. The molecule has 3 aromatic carbocycles. The summed E-state index contributed by atoms with van der Waals surface area (Å²) in [5.41, 5.74) is 4.74. The van der Waals surface area contributed by atoms with E-state index in [2.05, 4.69) is 6.07 Å². The Labute approximate surface area is 190 Å². The minimum atomic E-state index is -0.484. The largest absolute Gasteiger partial charge is 0.362 e. The molecule has 0 aromatic heterocycles. The number of para-hydroxylation sites is 1. The first kappa shape index (κ1) is 20.6. The third kappa shape index (κ3) is 3.47. The van der Waals surface area contributed by atoms with Gasteiger partial charge >= 0.3 is 0 Å². The Bertz CT molecular complexity index is 1330. The number of nitro groups is 1. The SMILES string of the molecule is Cc1ccccc1N1C(=O)C(c2ccc([N+](=O)[O-])cc2)=C(N2CCc3ccccc3C2)C1=O. The number of hydrogen-bond acceptors (Lipinski definition) is 5. The fraction of sp³-hybridized carbons (Fsp3) is 0.154. The molecule has 0 N–H and O–H groups in total. The van der Waals surface area contributed by atoms with Gasteiger partial charge in [-0.15, -0.1) is 0 Å². The van der Waals surface area contributed by atoms with E-state index in [9.17, 15) is 19.7 Å². The van der Waals surface area contributed by atoms with Gasteiger partial charge < -0.3 is 4.90 Å². The fourth-order valence-electron chi connectivity index (χ4n) is 4.54.